The lowest BCUT2D eigenvalue weighted by atomic mass is 10.0. The predicted octanol–water partition coefficient (Wildman–Crippen LogP) is 3.67. The fourth-order valence-corrected chi connectivity index (χ4v) is 7.08. The lowest BCUT2D eigenvalue weighted by Crippen LogP contribution is -2.54. The van der Waals surface area contributed by atoms with E-state index in [-0.39, 0.29) is 36.7 Å². The molecule has 0 saturated carbocycles. The summed E-state index contributed by atoms with van der Waals surface area (Å²) < 4.78 is 122. The minimum atomic E-state index is -5.54. The number of nitrogens with zero attached hydrogens (tertiary/aromatic N) is 4. The molecule has 2 aromatic rings. The fraction of sp³-hybridized carbons (Fsp3) is 0.455. The highest BCUT2D eigenvalue weighted by molar-refractivity contribution is 7.91. The lowest BCUT2D eigenvalue weighted by molar-refractivity contribution is -0.254. The number of amides is 1. The Labute approximate surface area is 223 Å². The van der Waals surface area contributed by atoms with Crippen LogP contribution in [-0.2, 0) is 26.6 Å². The first-order chi connectivity index (χ1) is 17.8. The van der Waals surface area contributed by atoms with Gasteiger partial charge in [0.15, 0.2) is 0 Å². The Hall–Kier alpha value is -2.76. The Morgan fingerprint density at radius 2 is 1.77 bits per heavy atom. The number of hydrogen-bond donors (Lipinski definition) is 1. The van der Waals surface area contributed by atoms with Gasteiger partial charge in [0.1, 0.15) is 10.0 Å². The molecule has 1 fully saturated rings. The molecule has 216 valence electrons. The number of benzene rings is 1. The Balaban J connectivity index is 1.90. The van der Waals surface area contributed by atoms with Crippen LogP contribution in [0.4, 0.5) is 36.4 Å². The zero-order valence-electron chi connectivity index (χ0n) is 20.6. The number of aliphatic hydroxyl groups is 1. The van der Waals surface area contributed by atoms with Crippen molar-refractivity contribution >= 4 is 39.3 Å². The maximum atomic E-state index is 13.8. The Morgan fingerprint density at radius 1 is 1.13 bits per heavy atom. The van der Waals surface area contributed by atoms with Crippen molar-refractivity contribution in [1.29, 1.82) is 0 Å². The maximum absolute atomic E-state index is 13.8. The van der Waals surface area contributed by atoms with Gasteiger partial charge in [-0.15, -0.1) is 11.3 Å². The highest BCUT2D eigenvalue weighted by Gasteiger charge is 2.62. The molecule has 1 aromatic carbocycles. The molecule has 0 aliphatic carbocycles. The second kappa shape index (κ2) is 10.7. The molecule has 1 unspecified atom stereocenters. The summed E-state index contributed by atoms with van der Waals surface area (Å²) >= 11 is 0.0245. The number of rotatable bonds is 6. The minimum Gasteiger partial charge on any atom is -0.369 e. The van der Waals surface area contributed by atoms with Crippen molar-refractivity contribution in [3.63, 3.8) is 0 Å². The van der Waals surface area contributed by atoms with Crippen LogP contribution in [0.1, 0.15) is 17.4 Å². The third kappa shape index (κ3) is 6.05. The van der Waals surface area contributed by atoms with E-state index in [4.69, 9.17) is 0 Å². The zero-order valence-corrected chi connectivity index (χ0v) is 22.2. The van der Waals surface area contributed by atoms with Crippen LogP contribution < -0.4 is 4.90 Å². The van der Waals surface area contributed by atoms with E-state index >= 15 is 0 Å². The van der Waals surface area contributed by atoms with Crippen LogP contribution in [0.25, 0.3) is 0 Å². The molecular weight excluding hydrogens is 581 g/mol. The average Bonchev–Trinajstić information content (AvgIpc) is 3.32. The smallest absolute Gasteiger partial charge is 0.369 e. The molecule has 17 heteroatoms. The van der Waals surface area contributed by atoms with Gasteiger partial charge in [-0.2, -0.15) is 30.6 Å². The molecule has 0 spiro atoms. The largest absolute Gasteiger partial charge is 0.431 e. The van der Waals surface area contributed by atoms with Gasteiger partial charge in [-0.05, 0) is 37.3 Å². The summed E-state index contributed by atoms with van der Waals surface area (Å²) in [4.78, 5) is 16.7. The van der Waals surface area contributed by atoms with Crippen molar-refractivity contribution in [3.8, 4) is 0 Å². The molecule has 2 atom stereocenters. The number of piperazine rings is 1. The second-order valence-corrected chi connectivity index (χ2v) is 12.1. The molecule has 2 heterocycles. The lowest BCUT2D eigenvalue weighted by Gasteiger charge is -2.40. The van der Waals surface area contributed by atoms with Crippen molar-refractivity contribution < 1.29 is 49.1 Å². The molecule has 1 aliphatic heterocycles. The number of alkyl halides is 6. The van der Waals surface area contributed by atoms with Gasteiger partial charge in [0.05, 0.1) is 16.8 Å². The van der Waals surface area contributed by atoms with Crippen LogP contribution in [0.3, 0.4) is 0 Å². The maximum Gasteiger partial charge on any atom is 0.431 e. The molecule has 0 radical (unpaired) electrons. The van der Waals surface area contributed by atoms with Gasteiger partial charge in [0.2, 0.25) is 0 Å². The van der Waals surface area contributed by atoms with Crippen molar-refractivity contribution in [2.24, 2.45) is 4.99 Å². The number of carbonyl (C=O) groups excluding carboxylic acids is 1. The third-order valence-corrected chi connectivity index (χ3v) is 9.47. The van der Waals surface area contributed by atoms with Crippen LogP contribution in [-0.4, -0.2) is 80.9 Å². The van der Waals surface area contributed by atoms with E-state index in [9.17, 15) is 49.1 Å². The molecule has 3 rings (SSSR count). The first-order valence-electron chi connectivity index (χ1n) is 11.1. The first kappa shape index (κ1) is 30.8. The highest BCUT2D eigenvalue weighted by Crippen LogP contribution is 2.44. The average molecular weight is 605 g/mol. The van der Waals surface area contributed by atoms with E-state index in [1.165, 1.54) is 25.9 Å². The van der Waals surface area contributed by atoms with Crippen molar-refractivity contribution in [3.05, 3.63) is 46.6 Å². The molecule has 1 amide bonds. The van der Waals surface area contributed by atoms with E-state index in [1.807, 2.05) is 0 Å². The normalized spacial score (nSPS) is 19.4. The van der Waals surface area contributed by atoms with Crippen molar-refractivity contribution in [2.75, 3.05) is 38.6 Å². The molecule has 1 N–H and O–H groups in total. The molecule has 8 nitrogen and oxygen atoms in total. The molecule has 1 saturated heterocycles. The Morgan fingerprint density at radius 3 is 2.31 bits per heavy atom. The summed E-state index contributed by atoms with van der Waals surface area (Å²) in [5, 5.41) is 10.4. The number of anilines is 1. The van der Waals surface area contributed by atoms with E-state index in [0.29, 0.717) is 12.1 Å². The zero-order chi connectivity index (χ0) is 29.6. The topological polar surface area (TPSA) is 93.5 Å². The number of sulfonamides is 1. The third-order valence-electron chi connectivity index (χ3n) is 5.80. The van der Waals surface area contributed by atoms with Gasteiger partial charge in [0, 0.05) is 45.5 Å². The van der Waals surface area contributed by atoms with E-state index < -0.39 is 60.4 Å². The number of aliphatic imine (C=N–C) groups is 1. The predicted molar refractivity (Wildman–Crippen MR) is 128 cm³/mol. The summed E-state index contributed by atoms with van der Waals surface area (Å²) in [6.45, 7) is 0.568. The number of thiophene rings is 1. The van der Waals surface area contributed by atoms with Crippen LogP contribution >= 0.6 is 11.3 Å². The molecular formula is C22H23F7N4O4S2. The minimum absolute atomic E-state index is 0.0245. The summed E-state index contributed by atoms with van der Waals surface area (Å²) in [6.07, 6.45) is -9.67. The van der Waals surface area contributed by atoms with Gasteiger partial charge < -0.3 is 14.9 Å². The fourth-order valence-electron chi connectivity index (χ4n) is 3.92. The van der Waals surface area contributed by atoms with E-state index in [0.717, 1.165) is 33.7 Å². The number of hydrogen-bond acceptors (Lipinski definition) is 6. The van der Waals surface area contributed by atoms with Gasteiger partial charge in [-0.1, -0.05) is 0 Å². The summed E-state index contributed by atoms with van der Waals surface area (Å²) in [7, 11) is -1.74. The van der Waals surface area contributed by atoms with Crippen LogP contribution in [0.5, 0.6) is 0 Å². The molecule has 1 aromatic heterocycles. The van der Waals surface area contributed by atoms with Gasteiger partial charge >= 0.3 is 12.4 Å². The van der Waals surface area contributed by atoms with Crippen molar-refractivity contribution in [2.45, 2.75) is 35.1 Å². The van der Waals surface area contributed by atoms with Crippen LogP contribution in [0, 0.1) is 5.82 Å². The van der Waals surface area contributed by atoms with Crippen LogP contribution in [0.15, 0.2) is 39.5 Å². The van der Waals surface area contributed by atoms with E-state index in [1.54, 1.807) is 0 Å². The molecule has 1 aliphatic rings. The number of halogens is 7. The standard InChI is InChI=1S/C22H23F7N4O4S2/c1-13-11-32(16-5-4-14(23)10-15(16)21(24,25)26)8-9-33(13)39(36,37)18-7-6-17(38-18)20(35,22(27,28)29)19(34)30-12-31(2)3/h4-7,10,12-13,35H,8-9,11H2,1-3H3/t13-,20?/m1/s1. The molecule has 0 bridgehead atoms. The monoisotopic (exact) mass is 604 g/mol. The molecule has 39 heavy (non-hydrogen) atoms. The van der Waals surface area contributed by atoms with Crippen molar-refractivity contribution in [1.82, 2.24) is 9.21 Å². The SMILES string of the molecule is C[C@@H]1CN(c2ccc(F)cc2C(F)(F)F)CCN1S(=O)(=O)c1ccc(C(O)(C(=O)N=CN(C)C)C(F)(F)F)s1. The highest BCUT2D eigenvalue weighted by atomic mass is 32.2. The van der Waals surface area contributed by atoms with Gasteiger partial charge in [0.25, 0.3) is 21.5 Å². The van der Waals surface area contributed by atoms with Gasteiger partial charge in [-0.3, -0.25) is 4.79 Å². The van der Waals surface area contributed by atoms with E-state index in [2.05, 4.69) is 4.99 Å². The quantitative estimate of drug-likeness (QED) is 0.308. The van der Waals surface area contributed by atoms with Gasteiger partial charge in [-0.25, -0.2) is 17.8 Å². The summed E-state index contributed by atoms with van der Waals surface area (Å²) in [5.41, 5.74) is -5.70. The second-order valence-electron chi connectivity index (χ2n) is 8.91. The number of carbonyl (C=O) groups is 1. The Bertz CT molecular complexity index is 1360. The first-order valence-corrected chi connectivity index (χ1v) is 13.3. The summed E-state index contributed by atoms with van der Waals surface area (Å²) in [5.74, 6) is -3.07. The summed E-state index contributed by atoms with van der Waals surface area (Å²) in [6, 6.07) is 2.63. The Kier molecular flexibility index (Phi) is 8.42. The van der Waals surface area contributed by atoms with Crippen LogP contribution in [0.2, 0.25) is 0 Å².